The number of hydrogen-bond acceptors (Lipinski definition) is 6. The maximum Gasteiger partial charge on any atom is 0.232 e. The lowest BCUT2D eigenvalue weighted by Gasteiger charge is -2.19. The summed E-state index contributed by atoms with van der Waals surface area (Å²) in [6.07, 6.45) is 1.56. The molecule has 1 aliphatic rings. The zero-order valence-electron chi connectivity index (χ0n) is 16.0. The monoisotopic (exact) mass is 340 g/mol. The van der Waals surface area contributed by atoms with Crippen molar-refractivity contribution in [2.75, 3.05) is 24.2 Å². The summed E-state index contributed by atoms with van der Waals surface area (Å²) >= 11 is 0. The highest BCUT2D eigenvalue weighted by molar-refractivity contribution is 5.61. The molecule has 1 aliphatic heterocycles. The van der Waals surface area contributed by atoms with E-state index in [1.807, 2.05) is 0 Å². The Morgan fingerprint density at radius 1 is 1.04 bits per heavy atom. The molecule has 2 aromatic rings. The van der Waals surface area contributed by atoms with Crippen molar-refractivity contribution in [1.82, 2.24) is 19.9 Å². The van der Waals surface area contributed by atoms with Gasteiger partial charge in [0.25, 0.3) is 0 Å². The highest BCUT2D eigenvalue weighted by atomic mass is 15.3. The van der Waals surface area contributed by atoms with Gasteiger partial charge in [-0.2, -0.15) is 4.98 Å². The van der Waals surface area contributed by atoms with E-state index in [9.17, 15) is 0 Å². The zero-order chi connectivity index (χ0) is 18.1. The van der Waals surface area contributed by atoms with Gasteiger partial charge in [-0.05, 0) is 63.4 Å². The van der Waals surface area contributed by atoms with E-state index in [4.69, 9.17) is 0 Å². The lowest BCUT2D eigenvalue weighted by molar-refractivity contribution is 0.301. The van der Waals surface area contributed by atoms with Gasteiger partial charge in [-0.25, -0.2) is 9.97 Å². The van der Waals surface area contributed by atoms with E-state index in [-0.39, 0.29) is 0 Å². The van der Waals surface area contributed by atoms with Crippen LogP contribution in [-0.4, -0.2) is 45.5 Å². The van der Waals surface area contributed by atoms with Gasteiger partial charge in [-0.15, -0.1) is 0 Å². The van der Waals surface area contributed by atoms with Crippen molar-refractivity contribution in [3.8, 4) is 0 Å². The highest BCUT2D eigenvalue weighted by Crippen LogP contribution is 2.26. The molecule has 3 unspecified atom stereocenters. The average molecular weight is 340 g/mol. The van der Waals surface area contributed by atoms with E-state index in [2.05, 4.69) is 84.3 Å². The lowest BCUT2D eigenvalue weighted by atomic mass is 10.0. The minimum absolute atomic E-state index is 0.346. The molecule has 25 heavy (non-hydrogen) atoms. The van der Waals surface area contributed by atoms with Gasteiger partial charge in [-0.3, -0.25) is 0 Å². The Labute approximate surface area is 150 Å². The van der Waals surface area contributed by atoms with Crippen molar-refractivity contribution >= 4 is 17.6 Å². The molecule has 1 aromatic heterocycles. The van der Waals surface area contributed by atoms with Gasteiger partial charge in [0.15, 0.2) is 0 Å². The molecule has 0 aliphatic carbocycles. The van der Waals surface area contributed by atoms with Crippen LogP contribution in [0.2, 0.25) is 0 Å². The number of aromatic nitrogens is 3. The Bertz CT molecular complexity index is 760. The van der Waals surface area contributed by atoms with Crippen LogP contribution in [0.15, 0.2) is 18.5 Å². The number of rotatable bonds is 4. The van der Waals surface area contributed by atoms with Crippen LogP contribution in [0.4, 0.5) is 17.6 Å². The maximum absolute atomic E-state index is 4.55. The van der Waals surface area contributed by atoms with E-state index in [1.165, 1.54) is 16.7 Å². The van der Waals surface area contributed by atoms with Crippen LogP contribution in [0.25, 0.3) is 0 Å². The van der Waals surface area contributed by atoms with Crippen LogP contribution >= 0.6 is 0 Å². The number of anilines is 3. The fourth-order valence-electron chi connectivity index (χ4n) is 3.36. The molecule has 6 heteroatoms. The van der Waals surface area contributed by atoms with Crippen LogP contribution in [-0.2, 0) is 0 Å². The Balaban J connectivity index is 1.75. The Kier molecular flexibility index (Phi) is 4.90. The molecule has 0 radical (unpaired) electrons. The number of nitrogens with zero attached hydrogens (tertiary/aromatic N) is 4. The van der Waals surface area contributed by atoms with E-state index >= 15 is 0 Å². The average Bonchev–Trinajstić information content (AvgIpc) is 2.83. The lowest BCUT2D eigenvalue weighted by Crippen LogP contribution is -2.28. The van der Waals surface area contributed by atoms with Crippen molar-refractivity contribution < 1.29 is 0 Å². The molecule has 0 spiro atoms. The maximum atomic E-state index is 4.55. The molecule has 0 amide bonds. The fourth-order valence-corrected chi connectivity index (χ4v) is 3.36. The second-order valence-corrected chi connectivity index (χ2v) is 7.23. The largest absolute Gasteiger partial charge is 0.350 e. The number of aryl methyl sites for hydroxylation is 1. The van der Waals surface area contributed by atoms with Gasteiger partial charge in [0.2, 0.25) is 11.9 Å². The summed E-state index contributed by atoms with van der Waals surface area (Å²) in [5.74, 6) is 1.73. The second kappa shape index (κ2) is 6.96. The number of likely N-dealkylation sites (tertiary alicyclic amines) is 1. The summed E-state index contributed by atoms with van der Waals surface area (Å²) in [5, 5.41) is 6.79. The van der Waals surface area contributed by atoms with Crippen molar-refractivity contribution in [3.05, 3.63) is 35.2 Å². The molecule has 0 bridgehead atoms. The molecule has 2 heterocycles. The molecule has 3 atom stereocenters. The molecule has 1 saturated heterocycles. The quantitative estimate of drug-likeness (QED) is 0.890. The van der Waals surface area contributed by atoms with Crippen molar-refractivity contribution in [1.29, 1.82) is 0 Å². The first-order valence-corrected chi connectivity index (χ1v) is 8.86. The van der Waals surface area contributed by atoms with Gasteiger partial charge < -0.3 is 15.5 Å². The van der Waals surface area contributed by atoms with Crippen molar-refractivity contribution in [2.24, 2.45) is 5.92 Å². The summed E-state index contributed by atoms with van der Waals surface area (Å²) < 4.78 is 0. The summed E-state index contributed by atoms with van der Waals surface area (Å²) in [6, 6.07) is 5.08. The van der Waals surface area contributed by atoms with Gasteiger partial charge in [-0.1, -0.05) is 13.0 Å². The third-order valence-corrected chi connectivity index (χ3v) is 5.77. The summed E-state index contributed by atoms with van der Waals surface area (Å²) in [7, 11) is 2.16. The first-order chi connectivity index (χ1) is 11.9. The first kappa shape index (κ1) is 17.6. The zero-order valence-corrected chi connectivity index (χ0v) is 16.0. The second-order valence-electron chi connectivity index (χ2n) is 7.23. The molecule has 134 valence electrons. The summed E-state index contributed by atoms with van der Waals surface area (Å²) in [6.45, 7) is 11.9. The molecule has 2 N–H and O–H groups in total. The van der Waals surface area contributed by atoms with E-state index in [1.54, 1.807) is 6.33 Å². The third-order valence-electron chi connectivity index (χ3n) is 5.77. The summed E-state index contributed by atoms with van der Waals surface area (Å²) in [4.78, 5) is 15.5. The van der Waals surface area contributed by atoms with Gasteiger partial charge in [0, 0.05) is 24.3 Å². The Hall–Kier alpha value is -2.21. The smallest absolute Gasteiger partial charge is 0.232 e. The minimum atomic E-state index is 0.346. The molecule has 1 aromatic carbocycles. The topological polar surface area (TPSA) is 66.0 Å². The SMILES string of the molecule is Cc1ccc(Nc2ncnc(NC3CN(C)C(C)C3C)n2)c(C)c1C. The molecular weight excluding hydrogens is 312 g/mol. The van der Waals surface area contributed by atoms with Crippen LogP contribution in [0.5, 0.6) is 0 Å². The molecule has 3 rings (SSSR count). The predicted octanol–water partition coefficient (Wildman–Crippen LogP) is 3.29. The predicted molar refractivity (Wildman–Crippen MR) is 102 cm³/mol. The van der Waals surface area contributed by atoms with Crippen LogP contribution in [0.3, 0.4) is 0 Å². The van der Waals surface area contributed by atoms with E-state index in [0.29, 0.717) is 29.9 Å². The Morgan fingerprint density at radius 3 is 2.44 bits per heavy atom. The number of nitrogens with one attached hydrogen (secondary N) is 2. The van der Waals surface area contributed by atoms with Crippen molar-refractivity contribution in [2.45, 2.75) is 46.7 Å². The summed E-state index contributed by atoms with van der Waals surface area (Å²) in [5.41, 5.74) is 4.82. The Morgan fingerprint density at radius 2 is 1.76 bits per heavy atom. The standard InChI is InChI=1S/C19H28N6/c1-11-7-8-16(13(3)12(11)2)22-18-20-10-21-19(24-18)23-17-9-25(6)15(5)14(17)4/h7-8,10,14-15,17H,9H2,1-6H3,(H2,20,21,22,23,24). The fraction of sp³-hybridized carbons (Fsp3) is 0.526. The van der Waals surface area contributed by atoms with Gasteiger partial charge in [0.1, 0.15) is 6.33 Å². The van der Waals surface area contributed by atoms with E-state index in [0.717, 1.165) is 12.2 Å². The van der Waals surface area contributed by atoms with E-state index < -0.39 is 0 Å². The molecule has 0 saturated carbocycles. The molecule has 1 fully saturated rings. The minimum Gasteiger partial charge on any atom is -0.350 e. The normalized spacial score (nSPS) is 23.7. The van der Waals surface area contributed by atoms with Crippen LogP contribution in [0, 0.1) is 26.7 Å². The third kappa shape index (κ3) is 3.58. The van der Waals surface area contributed by atoms with Crippen molar-refractivity contribution in [3.63, 3.8) is 0 Å². The van der Waals surface area contributed by atoms with Gasteiger partial charge >= 0.3 is 0 Å². The number of likely N-dealkylation sites (N-methyl/N-ethyl adjacent to an activating group) is 1. The van der Waals surface area contributed by atoms with Crippen LogP contribution < -0.4 is 10.6 Å². The molecular formula is C19H28N6. The number of benzene rings is 1. The van der Waals surface area contributed by atoms with Crippen LogP contribution in [0.1, 0.15) is 30.5 Å². The molecule has 6 nitrogen and oxygen atoms in total. The van der Waals surface area contributed by atoms with Gasteiger partial charge in [0.05, 0.1) is 0 Å². The number of hydrogen-bond donors (Lipinski definition) is 2. The first-order valence-electron chi connectivity index (χ1n) is 8.86. The highest BCUT2D eigenvalue weighted by Gasteiger charge is 2.34.